The number of rotatable bonds is 6. The second-order valence-corrected chi connectivity index (χ2v) is 5.53. The Hall–Kier alpha value is -1.33. The number of thiazole rings is 1. The molecule has 2 rings (SSSR count). The molecule has 1 atom stereocenters. The maximum absolute atomic E-state index is 5.32. The molecule has 0 radical (unpaired) electrons. The largest absolute Gasteiger partial charge is 0.469 e. The van der Waals surface area contributed by atoms with Crippen LogP contribution in [-0.2, 0) is 6.54 Å². The number of furan rings is 1. The molecule has 104 valence electrons. The Balaban J connectivity index is 2.04. The molecule has 19 heavy (non-hydrogen) atoms. The van der Waals surface area contributed by atoms with Crippen molar-refractivity contribution < 1.29 is 4.42 Å². The van der Waals surface area contributed by atoms with Crippen LogP contribution >= 0.6 is 11.3 Å². The third-order valence-electron chi connectivity index (χ3n) is 3.16. The van der Waals surface area contributed by atoms with E-state index in [4.69, 9.17) is 9.40 Å². The second kappa shape index (κ2) is 6.21. The molecule has 0 aliphatic rings. The number of aromatic nitrogens is 1. The van der Waals surface area contributed by atoms with E-state index < -0.39 is 0 Å². The Bertz CT molecular complexity index is 520. The van der Waals surface area contributed by atoms with Crippen LogP contribution in [0, 0.1) is 6.92 Å². The molecule has 2 heterocycles. The summed E-state index contributed by atoms with van der Waals surface area (Å²) in [5, 5.41) is 6.55. The van der Waals surface area contributed by atoms with Gasteiger partial charge in [0.15, 0.2) is 5.13 Å². The van der Waals surface area contributed by atoms with Gasteiger partial charge in [-0.15, -0.1) is 11.3 Å². The molecule has 0 saturated carbocycles. The van der Waals surface area contributed by atoms with Crippen LogP contribution < -0.4 is 10.2 Å². The first-order valence-electron chi connectivity index (χ1n) is 6.54. The number of nitrogens with one attached hydrogen (secondary N) is 1. The Labute approximate surface area is 118 Å². The topological polar surface area (TPSA) is 41.3 Å². The third-order valence-corrected chi connectivity index (χ3v) is 4.14. The Kier molecular flexibility index (Phi) is 4.61. The van der Waals surface area contributed by atoms with Crippen LogP contribution in [0.2, 0.25) is 0 Å². The number of anilines is 1. The molecule has 0 saturated heterocycles. The summed E-state index contributed by atoms with van der Waals surface area (Å²) in [5.41, 5.74) is 2.32. The summed E-state index contributed by atoms with van der Waals surface area (Å²) in [6.45, 7) is 8.02. The molecule has 2 aromatic rings. The van der Waals surface area contributed by atoms with Gasteiger partial charge in [0.25, 0.3) is 0 Å². The van der Waals surface area contributed by atoms with Crippen molar-refractivity contribution in [2.75, 3.05) is 18.5 Å². The highest BCUT2D eigenvalue weighted by Gasteiger charge is 2.13. The highest BCUT2D eigenvalue weighted by atomic mass is 32.1. The average Bonchev–Trinajstić information content (AvgIpc) is 2.99. The molecular weight excluding hydrogens is 258 g/mol. The van der Waals surface area contributed by atoms with Gasteiger partial charge in [-0.1, -0.05) is 6.92 Å². The zero-order chi connectivity index (χ0) is 13.8. The van der Waals surface area contributed by atoms with Crippen molar-refractivity contribution >= 4 is 16.5 Å². The van der Waals surface area contributed by atoms with E-state index in [9.17, 15) is 0 Å². The number of nitrogens with zero attached hydrogens (tertiary/aromatic N) is 2. The van der Waals surface area contributed by atoms with Crippen LogP contribution in [0.4, 0.5) is 5.13 Å². The minimum atomic E-state index is 0.305. The fourth-order valence-corrected chi connectivity index (χ4v) is 2.85. The summed E-state index contributed by atoms with van der Waals surface area (Å²) in [5.74, 6) is 0.977. The predicted molar refractivity (Wildman–Crippen MR) is 79.8 cm³/mol. The maximum Gasteiger partial charge on any atom is 0.185 e. The lowest BCUT2D eigenvalue weighted by molar-refractivity contribution is 0.529. The molecule has 0 spiro atoms. The molecule has 4 nitrogen and oxygen atoms in total. The van der Waals surface area contributed by atoms with Gasteiger partial charge in [0.2, 0.25) is 0 Å². The fourth-order valence-electron chi connectivity index (χ4n) is 1.96. The van der Waals surface area contributed by atoms with Crippen molar-refractivity contribution in [3.05, 3.63) is 34.7 Å². The quantitative estimate of drug-likeness (QED) is 0.880. The van der Waals surface area contributed by atoms with E-state index in [2.05, 4.69) is 36.5 Å². The van der Waals surface area contributed by atoms with Crippen molar-refractivity contribution in [3.63, 3.8) is 0 Å². The van der Waals surface area contributed by atoms with Gasteiger partial charge in [0, 0.05) is 30.6 Å². The monoisotopic (exact) mass is 279 g/mol. The van der Waals surface area contributed by atoms with Crippen molar-refractivity contribution in [2.45, 2.75) is 33.4 Å². The van der Waals surface area contributed by atoms with Gasteiger partial charge in [-0.05, 0) is 26.5 Å². The first kappa shape index (κ1) is 14.1. The third kappa shape index (κ3) is 3.36. The minimum absolute atomic E-state index is 0.305. The van der Waals surface area contributed by atoms with Crippen molar-refractivity contribution in [3.8, 4) is 0 Å². The van der Waals surface area contributed by atoms with Gasteiger partial charge in [0.05, 0.1) is 12.0 Å². The zero-order valence-electron chi connectivity index (χ0n) is 11.9. The fraction of sp³-hybridized carbons (Fsp3) is 0.500. The molecule has 2 aromatic heterocycles. The summed E-state index contributed by atoms with van der Waals surface area (Å²) < 4.78 is 5.32. The van der Waals surface area contributed by atoms with Gasteiger partial charge < -0.3 is 14.6 Å². The molecule has 0 bridgehead atoms. The van der Waals surface area contributed by atoms with Crippen molar-refractivity contribution in [1.29, 1.82) is 0 Å². The Morgan fingerprint density at radius 1 is 1.53 bits per heavy atom. The van der Waals surface area contributed by atoms with Gasteiger partial charge in [-0.25, -0.2) is 4.98 Å². The second-order valence-electron chi connectivity index (χ2n) is 4.69. The Morgan fingerprint density at radius 3 is 2.95 bits per heavy atom. The van der Waals surface area contributed by atoms with E-state index in [1.807, 2.05) is 13.0 Å². The standard InChI is InChI=1S/C14H21N3OS/c1-5-15-10(2)13-9-19-14(16-13)17(4)8-12-6-7-18-11(12)3/h6-7,9-10,15H,5,8H2,1-4H3. The lowest BCUT2D eigenvalue weighted by Crippen LogP contribution is -2.19. The summed E-state index contributed by atoms with van der Waals surface area (Å²) in [6, 6.07) is 2.32. The summed E-state index contributed by atoms with van der Waals surface area (Å²) >= 11 is 1.68. The molecule has 1 N–H and O–H groups in total. The summed E-state index contributed by atoms with van der Waals surface area (Å²) in [4.78, 5) is 6.85. The zero-order valence-corrected chi connectivity index (χ0v) is 12.8. The minimum Gasteiger partial charge on any atom is -0.469 e. The highest BCUT2D eigenvalue weighted by molar-refractivity contribution is 7.13. The van der Waals surface area contributed by atoms with Crippen molar-refractivity contribution in [2.24, 2.45) is 0 Å². The lowest BCUT2D eigenvalue weighted by Gasteiger charge is -2.15. The first-order chi connectivity index (χ1) is 9.11. The van der Waals surface area contributed by atoms with Crippen LogP contribution in [0.15, 0.2) is 22.1 Å². The molecule has 0 aliphatic carbocycles. The van der Waals surface area contributed by atoms with Gasteiger partial charge in [0.1, 0.15) is 5.76 Å². The highest BCUT2D eigenvalue weighted by Crippen LogP contribution is 2.25. The van der Waals surface area contributed by atoms with E-state index in [1.54, 1.807) is 17.6 Å². The van der Waals surface area contributed by atoms with Crippen molar-refractivity contribution in [1.82, 2.24) is 10.3 Å². The molecule has 0 aliphatic heterocycles. The van der Waals surface area contributed by atoms with Crippen LogP contribution in [0.1, 0.15) is 36.9 Å². The normalized spacial score (nSPS) is 12.6. The first-order valence-corrected chi connectivity index (χ1v) is 7.42. The summed E-state index contributed by atoms with van der Waals surface area (Å²) in [7, 11) is 2.06. The predicted octanol–water partition coefficient (Wildman–Crippen LogP) is 3.35. The van der Waals surface area contributed by atoms with Crippen LogP contribution in [0.5, 0.6) is 0 Å². The van der Waals surface area contributed by atoms with Gasteiger partial charge in [-0.2, -0.15) is 0 Å². The molecular formula is C14H21N3OS. The van der Waals surface area contributed by atoms with E-state index >= 15 is 0 Å². The molecule has 0 fully saturated rings. The van der Waals surface area contributed by atoms with Crippen LogP contribution in [0.3, 0.4) is 0 Å². The van der Waals surface area contributed by atoms with E-state index in [0.717, 1.165) is 29.7 Å². The maximum atomic E-state index is 5.32. The average molecular weight is 279 g/mol. The lowest BCUT2D eigenvalue weighted by atomic mass is 10.2. The molecule has 0 aromatic carbocycles. The summed E-state index contributed by atoms with van der Waals surface area (Å²) in [6.07, 6.45) is 1.74. The van der Waals surface area contributed by atoms with Gasteiger partial charge >= 0.3 is 0 Å². The number of hydrogen-bond acceptors (Lipinski definition) is 5. The van der Waals surface area contributed by atoms with E-state index in [-0.39, 0.29) is 0 Å². The van der Waals surface area contributed by atoms with Crippen LogP contribution in [-0.4, -0.2) is 18.6 Å². The Morgan fingerprint density at radius 2 is 2.32 bits per heavy atom. The van der Waals surface area contributed by atoms with Crippen LogP contribution in [0.25, 0.3) is 0 Å². The molecule has 0 amide bonds. The number of hydrogen-bond donors (Lipinski definition) is 1. The molecule has 5 heteroatoms. The van der Waals surface area contributed by atoms with Gasteiger partial charge in [-0.3, -0.25) is 0 Å². The van der Waals surface area contributed by atoms with E-state index in [0.29, 0.717) is 6.04 Å². The van der Waals surface area contributed by atoms with E-state index in [1.165, 1.54) is 5.56 Å². The smallest absolute Gasteiger partial charge is 0.185 e. The number of aryl methyl sites for hydroxylation is 1. The SMILES string of the molecule is CCNC(C)c1csc(N(C)Cc2ccoc2C)n1. The molecule has 1 unspecified atom stereocenters.